The fourth-order valence-corrected chi connectivity index (χ4v) is 3.60. The SMILES string of the molecule is CC/C(=C\C(=O)O)c1ccc(N(C(=O)c2ccccc2)C(c2ccccc2)C(F)(F)F)cc1. The second kappa shape index (κ2) is 10.2. The van der Waals surface area contributed by atoms with Gasteiger partial charge in [-0.3, -0.25) is 9.69 Å². The number of hydrogen-bond donors (Lipinski definition) is 1. The second-order valence-electron chi connectivity index (χ2n) is 7.30. The lowest BCUT2D eigenvalue weighted by atomic mass is 10.00. The fourth-order valence-electron chi connectivity index (χ4n) is 3.60. The molecule has 0 bridgehead atoms. The number of anilines is 1. The van der Waals surface area contributed by atoms with Crippen LogP contribution in [0, 0.1) is 0 Å². The van der Waals surface area contributed by atoms with Crippen molar-refractivity contribution < 1.29 is 27.9 Å². The quantitative estimate of drug-likeness (QED) is 0.415. The molecule has 0 aliphatic rings. The first-order chi connectivity index (χ1) is 15.7. The highest BCUT2D eigenvalue weighted by Crippen LogP contribution is 2.41. The standard InChI is InChI=1S/C26H22F3NO3/c1-2-18(17-23(31)32)19-13-15-22(16-14-19)30(25(33)21-11-7-4-8-12-21)24(26(27,28)29)20-9-5-3-6-10-20/h3-17,24H,2H2,1H3,(H,31,32)/b18-17+. The van der Waals surface area contributed by atoms with Crippen LogP contribution in [-0.4, -0.2) is 23.2 Å². The monoisotopic (exact) mass is 453 g/mol. The normalized spacial score (nSPS) is 12.8. The molecule has 7 heteroatoms. The van der Waals surface area contributed by atoms with Gasteiger partial charge in [-0.25, -0.2) is 4.79 Å². The Labute approximate surface area is 189 Å². The van der Waals surface area contributed by atoms with Gasteiger partial charge in [0.2, 0.25) is 0 Å². The fraction of sp³-hybridized carbons (Fsp3) is 0.154. The van der Waals surface area contributed by atoms with Crippen LogP contribution in [0.5, 0.6) is 0 Å². The predicted octanol–water partition coefficient (Wildman–Crippen LogP) is 6.52. The first kappa shape index (κ1) is 23.8. The molecule has 3 aromatic carbocycles. The van der Waals surface area contributed by atoms with Crippen LogP contribution in [0.4, 0.5) is 18.9 Å². The molecule has 170 valence electrons. The average molecular weight is 453 g/mol. The molecule has 1 amide bonds. The number of amides is 1. The summed E-state index contributed by atoms with van der Waals surface area (Å²) >= 11 is 0. The van der Waals surface area contributed by atoms with Crippen LogP contribution in [-0.2, 0) is 4.79 Å². The van der Waals surface area contributed by atoms with Crippen LogP contribution in [0.2, 0.25) is 0 Å². The molecule has 4 nitrogen and oxygen atoms in total. The first-order valence-electron chi connectivity index (χ1n) is 10.3. The Kier molecular flexibility index (Phi) is 7.33. The first-order valence-corrected chi connectivity index (χ1v) is 10.3. The molecule has 0 fully saturated rings. The van der Waals surface area contributed by atoms with E-state index in [1.54, 1.807) is 31.2 Å². The van der Waals surface area contributed by atoms with E-state index in [-0.39, 0.29) is 16.8 Å². The summed E-state index contributed by atoms with van der Waals surface area (Å²) in [4.78, 5) is 25.2. The van der Waals surface area contributed by atoms with Crippen molar-refractivity contribution in [3.63, 3.8) is 0 Å². The summed E-state index contributed by atoms with van der Waals surface area (Å²) in [5, 5.41) is 9.05. The molecule has 3 rings (SSSR count). The molecule has 0 radical (unpaired) electrons. The molecule has 1 unspecified atom stereocenters. The molecule has 0 saturated carbocycles. The summed E-state index contributed by atoms with van der Waals surface area (Å²) in [7, 11) is 0. The maximum atomic E-state index is 14.4. The van der Waals surface area contributed by atoms with Crippen molar-refractivity contribution in [2.75, 3.05) is 4.90 Å². The Morgan fingerprint density at radius 2 is 1.42 bits per heavy atom. The van der Waals surface area contributed by atoms with Gasteiger partial charge in [0.15, 0.2) is 6.04 Å². The van der Waals surface area contributed by atoms with Gasteiger partial charge < -0.3 is 5.11 Å². The molecular formula is C26H22F3NO3. The lowest BCUT2D eigenvalue weighted by Crippen LogP contribution is -2.42. The molecule has 0 aliphatic heterocycles. The van der Waals surface area contributed by atoms with E-state index in [9.17, 15) is 22.8 Å². The van der Waals surface area contributed by atoms with Gasteiger partial charge >= 0.3 is 12.1 Å². The molecular weight excluding hydrogens is 431 g/mol. The maximum absolute atomic E-state index is 14.4. The van der Waals surface area contributed by atoms with Crippen molar-refractivity contribution in [3.8, 4) is 0 Å². The summed E-state index contributed by atoms with van der Waals surface area (Å²) in [6, 6.07) is 18.7. The number of carboxylic acids is 1. The molecule has 0 spiro atoms. The number of carboxylic acid groups (broad SMARTS) is 1. The number of alkyl halides is 3. The highest BCUT2D eigenvalue weighted by molar-refractivity contribution is 6.06. The zero-order valence-corrected chi connectivity index (χ0v) is 17.8. The number of aliphatic carboxylic acids is 1. The number of benzene rings is 3. The van der Waals surface area contributed by atoms with Crippen molar-refractivity contribution in [1.29, 1.82) is 0 Å². The highest BCUT2D eigenvalue weighted by atomic mass is 19.4. The number of hydrogen-bond acceptors (Lipinski definition) is 2. The van der Waals surface area contributed by atoms with Gasteiger partial charge in [0.1, 0.15) is 0 Å². The Morgan fingerprint density at radius 3 is 1.91 bits per heavy atom. The molecule has 0 saturated heterocycles. The van der Waals surface area contributed by atoms with E-state index < -0.39 is 24.1 Å². The zero-order chi connectivity index (χ0) is 24.0. The van der Waals surface area contributed by atoms with E-state index in [1.807, 2.05) is 0 Å². The van der Waals surface area contributed by atoms with E-state index in [4.69, 9.17) is 5.11 Å². The molecule has 3 aromatic rings. The summed E-state index contributed by atoms with van der Waals surface area (Å²) < 4.78 is 43.1. The van der Waals surface area contributed by atoms with Gasteiger partial charge in [0.05, 0.1) is 0 Å². The third-order valence-electron chi connectivity index (χ3n) is 5.12. The predicted molar refractivity (Wildman–Crippen MR) is 121 cm³/mol. The summed E-state index contributed by atoms with van der Waals surface area (Å²) in [5.41, 5.74) is 1.17. The van der Waals surface area contributed by atoms with Gasteiger partial charge in [-0.1, -0.05) is 67.6 Å². The van der Waals surface area contributed by atoms with E-state index in [0.29, 0.717) is 17.6 Å². The molecule has 0 heterocycles. The number of carbonyl (C=O) groups excluding carboxylic acids is 1. The lowest BCUT2D eigenvalue weighted by Gasteiger charge is -2.34. The van der Waals surface area contributed by atoms with Crippen molar-refractivity contribution in [2.24, 2.45) is 0 Å². The van der Waals surface area contributed by atoms with Crippen LogP contribution in [0.25, 0.3) is 5.57 Å². The van der Waals surface area contributed by atoms with Crippen LogP contribution in [0.1, 0.15) is 40.9 Å². The third kappa shape index (κ3) is 5.68. The van der Waals surface area contributed by atoms with Gasteiger partial charge in [0.25, 0.3) is 5.91 Å². The minimum Gasteiger partial charge on any atom is -0.478 e. The molecule has 0 aromatic heterocycles. The Bertz CT molecular complexity index is 1120. The average Bonchev–Trinajstić information content (AvgIpc) is 2.81. The van der Waals surface area contributed by atoms with Crippen LogP contribution < -0.4 is 4.90 Å². The third-order valence-corrected chi connectivity index (χ3v) is 5.12. The molecule has 1 N–H and O–H groups in total. The van der Waals surface area contributed by atoms with Gasteiger partial charge in [-0.05, 0) is 47.4 Å². The number of allylic oxidation sites excluding steroid dienone is 1. The minimum absolute atomic E-state index is 0.0459. The zero-order valence-electron chi connectivity index (χ0n) is 17.8. The number of rotatable bonds is 7. The Morgan fingerprint density at radius 1 is 0.879 bits per heavy atom. The van der Waals surface area contributed by atoms with Crippen molar-refractivity contribution in [2.45, 2.75) is 25.6 Å². The van der Waals surface area contributed by atoms with Crippen molar-refractivity contribution in [1.82, 2.24) is 0 Å². The smallest absolute Gasteiger partial charge is 0.413 e. The van der Waals surface area contributed by atoms with E-state index >= 15 is 0 Å². The topological polar surface area (TPSA) is 57.6 Å². The Hall–Kier alpha value is -3.87. The van der Waals surface area contributed by atoms with E-state index in [1.165, 1.54) is 60.7 Å². The van der Waals surface area contributed by atoms with Gasteiger partial charge in [0, 0.05) is 17.3 Å². The molecule has 33 heavy (non-hydrogen) atoms. The maximum Gasteiger partial charge on any atom is 0.413 e. The molecule has 0 aliphatic carbocycles. The highest BCUT2D eigenvalue weighted by Gasteiger charge is 2.47. The number of nitrogens with zero attached hydrogens (tertiary/aromatic N) is 1. The second-order valence-corrected chi connectivity index (χ2v) is 7.30. The van der Waals surface area contributed by atoms with Crippen LogP contribution in [0.3, 0.4) is 0 Å². The summed E-state index contributed by atoms with van der Waals surface area (Å²) in [5.74, 6) is -1.91. The summed E-state index contributed by atoms with van der Waals surface area (Å²) in [6.45, 7) is 1.78. The van der Waals surface area contributed by atoms with Crippen LogP contribution in [0.15, 0.2) is 91.0 Å². The van der Waals surface area contributed by atoms with Crippen molar-refractivity contribution >= 4 is 23.1 Å². The van der Waals surface area contributed by atoms with Gasteiger partial charge in [-0.15, -0.1) is 0 Å². The largest absolute Gasteiger partial charge is 0.478 e. The van der Waals surface area contributed by atoms with E-state index in [0.717, 1.165) is 11.0 Å². The summed E-state index contributed by atoms with van der Waals surface area (Å²) in [6.07, 6.45) is -3.26. The minimum atomic E-state index is -4.75. The number of carbonyl (C=O) groups is 2. The number of halogens is 3. The molecule has 1 atom stereocenters. The van der Waals surface area contributed by atoms with Crippen LogP contribution >= 0.6 is 0 Å². The lowest BCUT2D eigenvalue weighted by molar-refractivity contribution is -0.149. The van der Waals surface area contributed by atoms with E-state index in [2.05, 4.69) is 0 Å². The Balaban J connectivity index is 2.15. The van der Waals surface area contributed by atoms with Crippen molar-refractivity contribution in [3.05, 3.63) is 108 Å². The van der Waals surface area contributed by atoms with Gasteiger partial charge in [-0.2, -0.15) is 13.2 Å².